The van der Waals surface area contributed by atoms with Crippen molar-refractivity contribution in [2.24, 2.45) is 7.05 Å². The second kappa shape index (κ2) is 5.97. The lowest BCUT2D eigenvalue weighted by Gasteiger charge is -2.06. The Balaban J connectivity index is 2.26. The van der Waals surface area contributed by atoms with Crippen LogP contribution in [-0.2, 0) is 13.6 Å². The van der Waals surface area contributed by atoms with Gasteiger partial charge in [-0.3, -0.25) is 4.68 Å². The Bertz CT molecular complexity index is 509. The van der Waals surface area contributed by atoms with Crippen molar-refractivity contribution in [3.63, 3.8) is 0 Å². The summed E-state index contributed by atoms with van der Waals surface area (Å²) in [6, 6.07) is 1.91. The SMILES string of the molecule is CCNCc1c(C)nn(C)c1Sc1ccncn1. The second-order valence-electron chi connectivity index (χ2n) is 3.92. The van der Waals surface area contributed by atoms with Crippen LogP contribution in [0.5, 0.6) is 0 Å². The molecule has 0 saturated heterocycles. The van der Waals surface area contributed by atoms with Crippen molar-refractivity contribution in [2.75, 3.05) is 6.54 Å². The van der Waals surface area contributed by atoms with Crippen LogP contribution in [0.25, 0.3) is 0 Å². The standard InChI is InChI=1S/C12H17N5S/c1-4-13-7-10-9(2)16-17(3)12(10)18-11-5-6-14-8-15-11/h5-6,8,13H,4,7H2,1-3H3. The van der Waals surface area contributed by atoms with Gasteiger partial charge in [0.2, 0.25) is 0 Å². The smallest absolute Gasteiger partial charge is 0.116 e. The van der Waals surface area contributed by atoms with Crippen molar-refractivity contribution in [3.05, 3.63) is 29.8 Å². The maximum Gasteiger partial charge on any atom is 0.116 e. The first kappa shape index (κ1) is 13.0. The van der Waals surface area contributed by atoms with Crippen LogP contribution in [0, 0.1) is 6.92 Å². The molecule has 0 fully saturated rings. The van der Waals surface area contributed by atoms with Gasteiger partial charge in [0, 0.05) is 25.4 Å². The first-order chi connectivity index (χ1) is 8.72. The van der Waals surface area contributed by atoms with E-state index in [4.69, 9.17) is 0 Å². The summed E-state index contributed by atoms with van der Waals surface area (Å²) in [5, 5.41) is 9.89. The predicted octanol–water partition coefficient (Wildman–Crippen LogP) is 1.78. The van der Waals surface area contributed by atoms with E-state index in [-0.39, 0.29) is 0 Å². The van der Waals surface area contributed by atoms with Crippen LogP contribution in [0.1, 0.15) is 18.2 Å². The van der Waals surface area contributed by atoms with Gasteiger partial charge in [0.05, 0.1) is 5.69 Å². The highest BCUT2D eigenvalue weighted by molar-refractivity contribution is 7.99. The van der Waals surface area contributed by atoms with E-state index in [9.17, 15) is 0 Å². The number of hydrogen-bond donors (Lipinski definition) is 1. The quantitative estimate of drug-likeness (QED) is 0.833. The van der Waals surface area contributed by atoms with Gasteiger partial charge in [0.15, 0.2) is 0 Å². The van der Waals surface area contributed by atoms with E-state index in [2.05, 4.69) is 27.3 Å². The molecule has 2 aromatic heterocycles. The molecule has 5 nitrogen and oxygen atoms in total. The van der Waals surface area contributed by atoms with Gasteiger partial charge in [0.25, 0.3) is 0 Å². The van der Waals surface area contributed by atoms with E-state index >= 15 is 0 Å². The highest BCUT2D eigenvalue weighted by Gasteiger charge is 2.14. The molecular formula is C12H17N5S. The van der Waals surface area contributed by atoms with Crippen LogP contribution in [0.2, 0.25) is 0 Å². The van der Waals surface area contributed by atoms with E-state index in [1.54, 1.807) is 24.3 Å². The van der Waals surface area contributed by atoms with Gasteiger partial charge in [-0.1, -0.05) is 6.92 Å². The van der Waals surface area contributed by atoms with E-state index in [1.165, 1.54) is 5.56 Å². The van der Waals surface area contributed by atoms with Crippen LogP contribution >= 0.6 is 11.8 Å². The second-order valence-corrected chi connectivity index (χ2v) is 4.93. The van der Waals surface area contributed by atoms with Crippen molar-refractivity contribution >= 4 is 11.8 Å². The Morgan fingerprint density at radius 2 is 2.28 bits per heavy atom. The summed E-state index contributed by atoms with van der Waals surface area (Å²) in [4.78, 5) is 8.16. The molecule has 0 aliphatic rings. The fourth-order valence-corrected chi connectivity index (χ4v) is 2.64. The van der Waals surface area contributed by atoms with Crippen LogP contribution in [0.3, 0.4) is 0 Å². The largest absolute Gasteiger partial charge is 0.313 e. The molecule has 0 aromatic carbocycles. The van der Waals surface area contributed by atoms with Gasteiger partial charge in [-0.25, -0.2) is 9.97 Å². The third kappa shape index (κ3) is 2.88. The predicted molar refractivity (Wildman–Crippen MR) is 71.5 cm³/mol. The Hall–Kier alpha value is -1.40. The molecule has 0 aliphatic heterocycles. The molecule has 2 aromatic rings. The highest BCUT2D eigenvalue weighted by atomic mass is 32.2. The van der Waals surface area contributed by atoms with E-state index in [1.807, 2.05) is 24.7 Å². The summed E-state index contributed by atoms with van der Waals surface area (Å²) in [6.45, 7) is 5.93. The zero-order valence-electron chi connectivity index (χ0n) is 10.8. The third-order valence-corrected chi connectivity index (χ3v) is 3.75. The average molecular weight is 263 g/mol. The summed E-state index contributed by atoms with van der Waals surface area (Å²) in [6.07, 6.45) is 3.32. The molecule has 0 amide bonds. The van der Waals surface area contributed by atoms with Gasteiger partial charge >= 0.3 is 0 Å². The molecule has 0 atom stereocenters. The minimum atomic E-state index is 0.837. The lowest BCUT2D eigenvalue weighted by atomic mass is 10.2. The summed E-state index contributed by atoms with van der Waals surface area (Å²) >= 11 is 1.62. The first-order valence-electron chi connectivity index (χ1n) is 5.89. The number of nitrogens with zero attached hydrogens (tertiary/aromatic N) is 4. The number of hydrogen-bond acceptors (Lipinski definition) is 5. The number of nitrogens with one attached hydrogen (secondary N) is 1. The molecule has 0 spiro atoms. The van der Waals surface area contributed by atoms with Gasteiger partial charge in [0.1, 0.15) is 16.4 Å². The molecule has 18 heavy (non-hydrogen) atoms. The normalized spacial score (nSPS) is 10.8. The zero-order chi connectivity index (χ0) is 13.0. The Morgan fingerprint density at radius 3 is 2.94 bits per heavy atom. The number of aryl methyl sites for hydroxylation is 2. The van der Waals surface area contributed by atoms with Gasteiger partial charge in [-0.05, 0) is 31.3 Å². The first-order valence-corrected chi connectivity index (χ1v) is 6.71. The molecule has 2 heterocycles. The van der Waals surface area contributed by atoms with E-state index < -0.39 is 0 Å². The molecule has 6 heteroatoms. The van der Waals surface area contributed by atoms with Crippen LogP contribution in [0.15, 0.2) is 28.6 Å². The monoisotopic (exact) mass is 263 g/mol. The summed E-state index contributed by atoms with van der Waals surface area (Å²) in [7, 11) is 1.96. The van der Waals surface area contributed by atoms with Crippen LogP contribution in [-0.4, -0.2) is 26.3 Å². The van der Waals surface area contributed by atoms with Crippen molar-refractivity contribution in [2.45, 2.75) is 30.4 Å². The fourth-order valence-electron chi connectivity index (χ4n) is 1.70. The van der Waals surface area contributed by atoms with Crippen molar-refractivity contribution < 1.29 is 0 Å². The molecular weight excluding hydrogens is 246 g/mol. The summed E-state index contributed by atoms with van der Waals surface area (Å²) in [5.74, 6) is 0. The van der Waals surface area contributed by atoms with Crippen molar-refractivity contribution in [3.8, 4) is 0 Å². The molecule has 0 unspecified atom stereocenters. The number of aromatic nitrogens is 4. The van der Waals surface area contributed by atoms with Gasteiger partial charge in [-0.15, -0.1) is 0 Å². The fraction of sp³-hybridized carbons (Fsp3) is 0.417. The minimum Gasteiger partial charge on any atom is -0.313 e. The third-order valence-electron chi connectivity index (χ3n) is 2.60. The van der Waals surface area contributed by atoms with E-state index in [0.717, 1.165) is 28.8 Å². The van der Waals surface area contributed by atoms with Gasteiger partial charge < -0.3 is 5.32 Å². The van der Waals surface area contributed by atoms with Gasteiger partial charge in [-0.2, -0.15) is 5.10 Å². The van der Waals surface area contributed by atoms with Crippen LogP contribution in [0.4, 0.5) is 0 Å². The molecule has 0 saturated carbocycles. The lowest BCUT2D eigenvalue weighted by Crippen LogP contribution is -2.12. The molecule has 0 radical (unpaired) electrons. The summed E-state index contributed by atoms with van der Waals surface area (Å²) in [5.41, 5.74) is 2.30. The topological polar surface area (TPSA) is 55.6 Å². The molecule has 1 N–H and O–H groups in total. The molecule has 2 rings (SSSR count). The van der Waals surface area contributed by atoms with Crippen molar-refractivity contribution in [1.29, 1.82) is 0 Å². The maximum absolute atomic E-state index is 4.47. The van der Waals surface area contributed by atoms with Crippen molar-refractivity contribution in [1.82, 2.24) is 25.1 Å². The Labute approximate surface area is 111 Å². The lowest BCUT2D eigenvalue weighted by molar-refractivity contribution is 0.673. The van der Waals surface area contributed by atoms with Crippen LogP contribution < -0.4 is 5.32 Å². The Kier molecular flexibility index (Phi) is 4.33. The van der Waals surface area contributed by atoms with E-state index in [0.29, 0.717) is 0 Å². The molecule has 0 bridgehead atoms. The summed E-state index contributed by atoms with van der Waals surface area (Å²) < 4.78 is 1.91. The minimum absolute atomic E-state index is 0.837. The maximum atomic E-state index is 4.47. The Morgan fingerprint density at radius 1 is 1.44 bits per heavy atom. The molecule has 0 aliphatic carbocycles. The average Bonchev–Trinajstić information content (AvgIpc) is 2.63. The number of rotatable bonds is 5. The zero-order valence-corrected chi connectivity index (χ0v) is 11.7. The highest BCUT2D eigenvalue weighted by Crippen LogP contribution is 2.29. The molecule has 96 valence electrons.